The fraction of sp³-hybridized carbons (Fsp3) is 0.231. The minimum atomic E-state index is -4.50. The molecule has 21 heavy (non-hydrogen) atoms. The van der Waals surface area contributed by atoms with Gasteiger partial charge in [0, 0.05) is 12.8 Å². The van der Waals surface area contributed by atoms with Crippen molar-refractivity contribution in [3.63, 3.8) is 0 Å². The van der Waals surface area contributed by atoms with Gasteiger partial charge in [-0.3, -0.25) is 4.79 Å². The maximum Gasteiger partial charge on any atom is 0.416 e. The number of benzene rings is 1. The smallest absolute Gasteiger partial charge is 0.416 e. The first-order valence-electron chi connectivity index (χ1n) is 5.90. The Morgan fingerprint density at radius 3 is 2.76 bits per heavy atom. The van der Waals surface area contributed by atoms with Crippen LogP contribution in [-0.4, -0.2) is 10.9 Å². The summed E-state index contributed by atoms with van der Waals surface area (Å²) in [5.74, 6) is -0.459. The minimum absolute atomic E-state index is 0.0396. The number of hydrogen-bond donors (Lipinski definition) is 1. The number of alkyl halides is 3. The Hall–Kier alpha value is -2.02. The molecule has 0 bridgehead atoms. The van der Waals surface area contributed by atoms with Crippen molar-refractivity contribution < 1.29 is 22.4 Å². The van der Waals surface area contributed by atoms with Crippen molar-refractivity contribution in [2.45, 2.75) is 19.0 Å². The van der Waals surface area contributed by atoms with Gasteiger partial charge in [0.15, 0.2) is 6.39 Å². The summed E-state index contributed by atoms with van der Waals surface area (Å²) in [7, 11) is 0. The van der Waals surface area contributed by atoms with Crippen LogP contribution < -0.4 is 5.32 Å². The summed E-state index contributed by atoms with van der Waals surface area (Å²) in [5.41, 5.74) is -0.365. The molecule has 1 aromatic heterocycles. The van der Waals surface area contributed by atoms with Crippen molar-refractivity contribution in [3.8, 4) is 0 Å². The van der Waals surface area contributed by atoms with Gasteiger partial charge in [-0.2, -0.15) is 13.2 Å². The number of aromatic nitrogens is 1. The maximum atomic E-state index is 12.6. The second-order valence-electron chi connectivity index (χ2n) is 4.22. The number of halogens is 4. The molecule has 1 heterocycles. The second kappa shape index (κ2) is 6.17. The summed E-state index contributed by atoms with van der Waals surface area (Å²) in [6.07, 6.45) is -1.50. The molecule has 0 aliphatic carbocycles. The molecule has 1 aromatic carbocycles. The molecule has 0 spiro atoms. The van der Waals surface area contributed by atoms with Crippen molar-refractivity contribution in [1.82, 2.24) is 4.98 Å². The highest BCUT2D eigenvalue weighted by molar-refractivity contribution is 6.33. The molecule has 2 rings (SSSR count). The zero-order valence-corrected chi connectivity index (χ0v) is 11.3. The van der Waals surface area contributed by atoms with Gasteiger partial charge in [-0.15, -0.1) is 0 Å². The molecular formula is C13H10ClF3N2O2. The standard InChI is InChI=1S/C13H10ClF3N2O2/c14-10-3-1-8(13(15,16)17)5-11(10)19-12(20)4-2-9-6-21-7-18-9/h1,3,5-7H,2,4H2,(H,19,20). The van der Waals surface area contributed by atoms with Crippen LogP contribution in [0.4, 0.5) is 18.9 Å². The van der Waals surface area contributed by atoms with E-state index in [9.17, 15) is 18.0 Å². The zero-order chi connectivity index (χ0) is 15.5. The van der Waals surface area contributed by atoms with E-state index in [1.165, 1.54) is 12.7 Å². The molecule has 1 amide bonds. The van der Waals surface area contributed by atoms with E-state index in [0.717, 1.165) is 18.2 Å². The third kappa shape index (κ3) is 4.22. The highest BCUT2D eigenvalue weighted by atomic mass is 35.5. The SMILES string of the molecule is O=C(CCc1cocn1)Nc1cc(C(F)(F)F)ccc1Cl. The number of amides is 1. The van der Waals surface area contributed by atoms with Crippen molar-refractivity contribution in [2.24, 2.45) is 0 Å². The van der Waals surface area contributed by atoms with Gasteiger partial charge in [-0.25, -0.2) is 4.98 Å². The van der Waals surface area contributed by atoms with Crippen LogP contribution in [0, 0.1) is 0 Å². The number of nitrogens with one attached hydrogen (secondary N) is 1. The van der Waals surface area contributed by atoms with E-state index in [-0.39, 0.29) is 17.1 Å². The molecule has 0 aliphatic heterocycles. The van der Waals surface area contributed by atoms with Gasteiger partial charge in [-0.1, -0.05) is 11.6 Å². The number of carbonyl (C=O) groups is 1. The maximum absolute atomic E-state index is 12.6. The van der Waals surface area contributed by atoms with Crippen LogP contribution in [0.1, 0.15) is 17.7 Å². The topological polar surface area (TPSA) is 55.1 Å². The molecule has 4 nitrogen and oxygen atoms in total. The monoisotopic (exact) mass is 318 g/mol. The Labute approximate surface area is 122 Å². The van der Waals surface area contributed by atoms with Crippen LogP contribution in [0.3, 0.4) is 0 Å². The van der Waals surface area contributed by atoms with E-state index < -0.39 is 17.6 Å². The number of oxazole rings is 1. The van der Waals surface area contributed by atoms with Crippen molar-refractivity contribution >= 4 is 23.2 Å². The summed E-state index contributed by atoms with van der Waals surface area (Å²) in [5, 5.41) is 2.40. The van der Waals surface area contributed by atoms with E-state index in [4.69, 9.17) is 16.0 Å². The predicted octanol–water partition coefficient (Wildman–Crippen LogP) is 3.92. The van der Waals surface area contributed by atoms with Crippen LogP contribution >= 0.6 is 11.6 Å². The van der Waals surface area contributed by atoms with Gasteiger partial charge in [-0.05, 0) is 18.2 Å². The highest BCUT2D eigenvalue weighted by Crippen LogP contribution is 2.33. The zero-order valence-electron chi connectivity index (χ0n) is 10.6. The highest BCUT2D eigenvalue weighted by Gasteiger charge is 2.31. The second-order valence-corrected chi connectivity index (χ2v) is 4.63. The lowest BCUT2D eigenvalue weighted by atomic mass is 10.2. The Morgan fingerprint density at radius 2 is 2.14 bits per heavy atom. The number of rotatable bonds is 4. The average molecular weight is 319 g/mol. The molecule has 112 valence electrons. The van der Waals surface area contributed by atoms with Gasteiger partial charge in [0.1, 0.15) is 6.26 Å². The van der Waals surface area contributed by atoms with E-state index in [1.54, 1.807) is 0 Å². The Balaban J connectivity index is 2.03. The molecular weight excluding hydrogens is 309 g/mol. The lowest BCUT2D eigenvalue weighted by Crippen LogP contribution is -2.14. The van der Waals surface area contributed by atoms with E-state index in [1.807, 2.05) is 0 Å². The number of carbonyl (C=O) groups excluding carboxylic acids is 1. The first-order chi connectivity index (χ1) is 9.86. The van der Waals surface area contributed by atoms with Crippen LogP contribution in [0.25, 0.3) is 0 Å². The van der Waals surface area contributed by atoms with E-state index >= 15 is 0 Å². The molecule has 0 aliphatic rings. The molecule has 0 saturated heterocycles. The van der Waals surface area contributed by atoms with E-state index in [0.29, 0.717) is 12.1 Å². The minimum Gasteiger partial charge on any atom is -0.451 e. The first kappa shape index (κ1) is 15.4. The Kier molecular flexibility index (Phi) is 4.52. The molecule has 8 heteroatoms. The summed E-state index contributed by atoms with van der Waals surface area (Å²) < 4.78 is 42.5. The van der Waals surface area contributed by atoms with E-state index in [2.05, 4.69) is 10.3 Å². The molecule has 0 fully saturated rings. The Morgan fingerprint density at radius 1 is 1.38 bits per heavy atom. The number of nitrogens with zero attached hydrogens (tertiary/aromatic N) is 1. The predicted molar refractivity (Wildman–Crippen MR) is 69.9 cm³/mol. The number of hydrogen-bond acceptors (Lipinski definition) is 3. The molecule has 1 N–H and O–H groups in total. The molecule has 0 atom stereocenters. The third-order valence-electron chi connectivity index (χ3n) is 2.66. The lowest BCUT2D eigenvalue weighted by Gasteiger charge is -2.11. The van der Waals surface area contributed by atoms with Gasteiger partial charge in [0.2, 0.25) is 5.91 Å². The van der Waals surface area contributed by atoms with Gasteiger partial charge >= 0.3 is 6.18 Å². The van der Waals surface area contributed by atoms with Crippen molar-refractivity contribution in [1.29, 1.82) is 0 Å². The molecule has 0 saturated carbocycles. The van der Waals surface area contributed by atoms with Gasteiger partial charge < -0.3 is 9.73 Å². The van der Waals surface area contributed by atoms with Crippen molar-refractivity contribution in [3.05, 3.63) is 47.1 Å². The van der Waals surface area contributed by atoms with Gasteiger partial charge in [0.25, 0.3) is 0 Å². The third-order valence-corrected chi connectivity index (χ3v) is 2.99. The fourth-order valence-corrected chi connectivity index (χ4v) is 1.78. The first-order valence-corrected chi connectivity index (χ1v) is 6.28. The summed E-state index contributed by atoms with van der Waals surface area (Å²) in [6.45, 7) is 0. The Bertz CT molecular complexity index is 627. The van der Waals surface area contributed by atoms with Crippen molar-refractivity contribution in [2.75, 3.05) is 5.32 Å². The number of aryl methyl sites for hydroxylation is 1. The van der Waals surface area contributed by atoms with Crippen LogP contribution in [0.15, 0.2) is 35.3 Å². The van der Waals surface area contributed by atoms with Crippen LogP contribution in [0.2, 0.25) is 5.02 Å². The summed E-state index contributed by atoms with van der Waals surface area (Å²) in [6, 6.07) is 2.75. The largest absolute Gasteiger partial charge is 0.451 e. The van der Waals surface area contributed by atoms with Crippen LogP contribution in [0.5, 0.6) is 0 Å². The normalized spacial score (nSPS) is 11.4. The molecule has 0 radical (unpaired) electrons. The number of anilines is 1. The summed E-state index contributed by atoms with van der Waals surface area (Å²) in [4.78, 5) is 15.5. The lowest BCUT2D eigenvalue weighted by molar-refractivity contribution is -0.137. The fourth-order valence-electron chi connectivity index (χ4n) is 1.61. The molecule has 0 unspecified atom stereocenters. The quantitative estimate of drug-likeness (QED) is 0.929. The molecule has 2 aromatic rings. The van der Waals surface area contributed by atoms with Gasteiger partial charge in [0.05, 0.1) is 22.0 Å². The summed E-state index contributed by atoms with van der Waals surface area (Å²) >= 11 is 5.78. The average Bonchev–Trinajstić information content (AvgIpc) is 2.91. The van der Waals surface area contributed by atoms with Crippen LogP contribution in [-0.2, 0) is 17.4 Å².